The second-order valence-corrected chi connectivity index (χ2v) is 19.4. The molecule has 81 heavy (non-hydrogen) atoms. The molecule has 1 saturated heterocycles. The van der Waals surface area contributed by atoms with E-state index in [1.807, 2.05) is 97.6 Å². The number of ether oxygens (including phenoxy) is 2. The van der Waals surface area contributed by atoms with Crippen LogP contribution in [0.25, 0.3) is 0 Å². The molecule has 20 heteroatoms. The molecule has 1 aliphatic rings. The fourth-order valence-corrected chi connectivity index (χ4v) is 9.17. The number of hydrogen-bond acceptors (Lipinski definition) is 10. The molecule has 1 heterocycles. The number of amides is 8. The van der Waals surface area contributed by atoms with E-state index in [9.17, 15) is 48.6 Å². The molecule has 0 spiro atoms. The summed E-state index contributed by atoms with van der Waals surface area (Å²) in [6.07, 6.45) is 2.17. The zero-order valence-corrected chi connectivity index (χ0v) is 46.0. The van der Waals surface area contributed by atoms with Crippen molar-refractivity contribution in [1.82, 2.24) is 20.9 Å². The number of carbonyl (C=O) groups excluding carboxylic acids is 6. The molecule has 9 N–H and O–H groups in total. The highest BCUT2D eigenvalue weighted by atomic mass is 16.5. The number of hydrogen-bond donors (Lipinski definition) is 9. The number of carboxylic acid groups (broad SMARTS) is 2. The van der Waals surface area contributed by atoms with Crippen molar-refractivity contribution in [2.45, 2.75) is 90.9 Å². The number of carboxylic acids is 2. The van der Waals surface area contributed by atoms with Crippen LogP contribution in [0.15, 0.2) is 133 Å². The van der Waals surface area contributed by atoms with E-state index in [0.29, 0.717) is 46.4 Å². The highest BCUT2D eigenvalue weighted by Crippen LogP contribution is 2.34. The highest BCUT2D eigenvalue weighted by Gasteiger charge is 2.31. The second-order valence-electron chi connectivity index (χ2n) is 19.4. The Morgan fingerprint density at radius 2 is 1.01 bits per heavy atom. The van der Waals surface area contributed by atoms with Gasteiger partial charge in [0, 0.05) is 51.2 Å². The van der Waals surface area contributed by atoms with E-state index in [4.69, 9.17) is 9.47 Å². The first-order valence-electron chi connectivity index (χ1n) is 26.1. The summed E-state index contributed by atoms with van der Waals surface area (Å²) < 4.78 is 10.9. The zero-order valence-electron chi connectivity index (χ0n) is 46.0. The average Bonchev–Trinajstić information content (AvgIpc) is 4.11. The molecule has 6 aromatic rings. The maximum atomic E-state index is 13.4. The summed E-state index contributed by atoms with van der Waals surface area (Å²) in [4.78, 5) is 98.7. The third kappa shape index (κ3) is 18.4. The number of methoxy groups -OCH3 is 2. The van der Waals surface area contributed by atoms with Gasteiger partial charge < -0.3 is 61.8 Å². The molecule has 0 radical (unpaired) electrons. The quantitative estimate of drug-likeness (QED) is 0.0329. The standard InChI is InChI=1S/C32H36N4O6.C29H32N4O6/c1-20-8-4-5-11-25(20)34-32(41)35-26-14-13-23(18-29(26)42-3)19-30(38)36-15-7-12-28(36)24-10-6-9-22(16-24)17-27(31(39)40)33-21(2)37;1-18-7-4-5-10-23(18)32-29(38)33-24-12-11-21(15-26(24)39-3)16-27(35)30-17-22-9-6-8-20(13-22)14-25(28(36)37)31-19(2)34/h4-6,8-11,13-14,16,18,27-28H,7,12,15,17,19H2,1-3H3,(H,33,37)(H,39,40)(H2,34,35,41);4-13,15,25H,14,16-17H2,1-3H3,(H,30,35)(H,31,34)(H,36,37)(H2,32,33,38). The topological polar surface area (TPSA) is 283 Å². The Bertz CT molecular complexity index is 3260. The third-order valence-corrected chi connectivity index (χ3v) is 13.2. The van der Waals surface area contributed by atoms with Crippen LogP contribution in [0.4, 0.5) is 32.3 Å². The zero-order chi connectivity index (χ0) is 58.6. The Kier molecular flexibility index (Phi) is 21.9. The molecule has 1 aliphatic heterocycles. The molecule has 0 saturated carbocycles. The molecule has 3 unspecified atom stereocenters. The van der Waals surface area contributed by atoms with Crippen molar-refractivity contribution < 1.29 is 58.0 Å². The molecule has 7 rings (SSSR count). The lowest BCUT2D eigenvalue weighted by atomic mass is 9.98. The molecule has 1 fully saturated rings. The van der Waals surface area contributed by atoms with Gasteiger partial charge in [0.15, 0.2) is 0 Å². The van der Waals surface area contributed by atoms with Gasteiger partial charge in [-0.1, -0.05) is 97.1 Å². The summed E-state index contributed by atoms with van der Waals surface area (Å²) >= 11 is 0. The van der Waals surface area contributed by atoms with Crippen molar-refractivity contribution in [1.29, 1.82) is 0 Å². The van der Waals surface area contributed by atoms with Gasteiger partial charge in [0.2, 0.25) is 23.6 Å². The minimum absolute atomic E-state index is 0.0374. The van der Waals surface area contributed by atoms with Crippen molar-refractivity contribution in [3.63, 3.8) is 0 Å². The molecule has 20 nitrogen and oxygen atoms in total. The minimum atomic E-state index is -1.12. The SMILES string of the molecule is COc1cc(CC(=O)N2CCCC2c2cccc(CC(NC(C)=O)C(=O)O)c2)ccc1NC(=O)Nc1ccccc1C.COc1cc(CC(=O)NCc2cccc(CC(NC(C)=O)C(=O)O)c2)ccc1NC(=O)Nc1ccccc1C. The minimum Gasteiger partial charge on any atom is -0.495 e. The van der Waals surface area contributed by atoms with Crippen LogP contribution in [0.2, 0.25) is 0 Å². The van der Waals surface area contributed by atoms with Crippen LogP contribution in [0.3, 0.4) is 0 Å². The lowest BCUT2D eigenvalue weighted by Crippen LogP contribution is -2.41. The van der Waals surface area contributed by atoms with Crippen LogP contribution in [0.5, 0.6) is 11.5 Å². The van der Waals surface area contributed by atoms with Gasteiger partial charge in [0.05, 0.1) is 44.5 Å². The Balaban J connectivity index is 0.000000262. The van der Waals surface area contributed by atoms with E-state index in [1.54, 1.807) is 54.6 Å². The molecule has 424 valence electrons. The number of rotatable bonds is 21. The summed E-state index contributed by atoms with van der Waals surface area (Å²) in [5.74, 6) is -2.44. The molecule has 8 amide bonds. The Hall–Kier alpha value is -9.72. The summed E-state index contributed by atoms with van der Waals surface area (Å²) in [5.41, 5.74) is 8.89. The van der Waals surface area contributed by atoms with Crippen molar-refractivity contribution >= 4 is 70.4 Å². The summed E-state index contributed by atoms with van der Waals surface area (Å²) in [6.45, 7) is 7.23. The van der Waals surface area contributed by atoms with E-state index in [1.165, 1.54) is 28.1 Å². The number of anilines is 4. The van der Waals surface area contributed by atoms with Gasteiger partial charge in [-0.15, -0.1) is 0 Å². The first kappa shape index (κ1) is 60.5. The van der Waals surface area contributed by atoms with Crippen LogP contribution in [-0.4, -0.2) is 95.6 Å². The lowest BCUT2D eigenvalue weighted by Gasteiger charge is -2.26. The van der Waals surface area contributed by atoms with E-state index < -0.39 is 47.9 Å². The number of para-hydroxylation sites is 2. The molecule has 0 aliphatic carbocycles. The highest BCUT2D eigenvalue weighted by molar-refractivity contribution is 6.02. The summed E-state index contributed by atoms with van der Waals surface area (Å²) in [7, 11) is 2.99. The number of aryl methyl sites for hydroxylation is 2. The van der Waals surface area contributed by atoms with E-state index in [-0.39, 0.29) is 50.1 Å². The number of aliphatic carboxylic acids is 2. The van der Waals surface area contributed by atoms with Crippen LogP contribution in [0.1, 0.15) is 77.2 Å². The molecule has 3 atom stereocenters. The summed E-state index contributed by atoms with van der Waals surface area (Å²) in [6, 6.07) is 37.0. The predicted molar refractivity (Wildman–Crippen MR) is 307 cm³/mol. The maximum absolute atomic E-state index is 13.4. The van der Waals surface area contributed by atoms with Crippen molar-refractivity contribution in [2.24, 2.45) is 0 Å². The van der Waals surface area contributed by atoms with Crippen LogP contribution >= 0.6 is 0 Å². The normalized spacial score (nSPS) is 13.2. The molecule has 0 aromatic heterocycles. The van der Waals surface area contributed by atoms with Gasteiger partial charge >= 0.3 is 24.0 Å². The first-order valence-corrected chi connectivity index (χ1v) is 26.1. The average molecular weight is 1110 g/mol. The third-order valence-electron chi connectivity index (χ3n) is 13.2. The smallest absolute Gasteiger partial charge is 0.326 e. The Morgan fingerprint density at radius 3 is 1.51 bits per heavy atom. The van der Waals surface area contributed by atoms with E-state index in [0.717, 1.165) is 51.8 Å². The number of urea groups is 2. The fraction of sp³-hybridized carbons (Fsp3) is 0.279. The first-order chi connectivity index (χ1) is 38.8. The van der Waals surface area contributed by atoms with Gasteiger partial charge in [-0.3, -0.25) is 19.2 Å². The number of carbonyl (C=O) groups is 8. The van der Waals surface area contributed by atoms with Crippen molar-refractivity contribution in [2.75, 3.05) is 42.0 Å². The van der Waals surface area contributed by atoms with Crippen LogP contribution in [0, 0.1) is 13.8 Å². The van der Waals surface area contributed by atoms with Gasteiger partial charge in [0.25, 0.3) is 0 Å². The van der Waals surface area contributed by atoms with Crippen molar-refractivity contribution in [3.05, 3.63) is 178 Å². The van der Waals surface area contributed by atoms with Crippen LogP contribution < -0.4 is 46.7 Å². The van der Waals surface area contributed by atoms with Crippen LogP contribution in [-0.2, 0) is 61.0 Å². The summed E-state index contributed by atoms with van der Waals surface area (Å²) in [5, 5.41) is 37.8. The largest absolute Gasteiger partial charge is 0.495 e. The number of likely N-dealkylation sites (tertiary alicyclic amines) is 1. The molecular weight excluding hydrogens is 1040 g/mol. The van der Waals surface area contributed by atoms with Gasteiger partial charge in [-0.25, -0.2) is 19.2 Å². The van der Waals surface area contributed by atoms with Gasteiger partial charge in [-0.05, 0) is 108 Å². The fourth-order valence-electron chi connectivity index (χ4n) is 9.17. The van der Waals surface area contributed by atoms with Gasteiger partial charge in [0.1, 0.15) is 23.6 Å². The second kappa shape index (κ2) is 29.3. The monoisotopic (exact) mass is 1100 g/mol. The van der Waals surface area contributed by atoms with E-state index in [2.05, 4.69) is 37.2 Å². The molecule has 6 aromatic carbocycles. The molecular formula is C61H68N8O12. The Labute approximate surface area is 470 Å². The number of benzene rings is 6. The lowest BCUT2D eigenvalue weighted by molar-refractivity contribution is -0.141. The predicted octanol–water partition coefficient (Wildman–Crippen LogP) is 8.32. The van der Waals surface area contributed by atoms with E-state index >= 15 is 0 Å². The maximum Gasteiger partial charge on any atom is 0.326 e. The number of nitrogens with zero attached hydrogens (tertiary/aromatic N) is 1. The Morgan fingerprint density at radius 1 is 0.543 bits per heavy atom. The van der Waals surface area contributed by atoms with Gasteiger partial charge in [-0.2, -0.15) is 0 Å². The molecule has 0 bridgehead atoms. The van der Waals surface area contributed by atoms with Crippen molar-refractivity contribution in [3.8, 4) is 11.5 Å². The number of nitrogens with one attached hydrogen (secondary N) is 7.